The summed E-state index contributed by atoms with van der Waals surface area (Å²) in [5.41, 5.74) is 0.948. The number of anilines is 1. The van der Waals surface area contributed by atoms with Gasteiger partial charge < -0.3 is 15.2 Å². The molecule has 2 aromatic rings. The quantitative estimate of drug-likeness (QED) is 0.862. The summed E-state index contributed by atoms with van der Waals surface area (Å²) in [5, 5.41) is 3.09. The molecule has 1 spiro atoms. The number of hydrogen-bond acceptors (Lipinski definition) is 6. The van der Waals surface area contributed by atoms with E-state index < -0.39 is 5.54 Å². The summed E-state index contributed by atoms with van der Waals surface area (Å²) in [7, 11) is 0. The molecule has 0 radical (unpaired) electrons. The first kappa shape index (κ1) is 14.8. The van der Waals surface area contributed by atoms with Gasteiger partial charge in [-0.05, 0) is 25.7 Å². The summed E-state index contributed by atoms with van der Waals surface area (Å²) in [6.07, 6.45) is 9.41. The van der Waals surface area contributed by atoms with E-state index in [9.17, 15) is 4.79 Å². The lowest BCUT2D eigenvalue weighted by Crippen LogP contribution is -2.49. The van der Waals surface area contributed by atoms with E-state index in [0.29, 0.717) is 24.4 Å². The van der Waals surface area contributed by atoms with Crippen molar-refractivity contribution in [3.8, 4) is 0 Å². The summed E-state index contributed by atoms with van der Waals surface area (Å²) in [6.45, 7) is 1.50. The van der Waals surface area contributed by atoms with E-state index in [4.69, 9.17) is 4.99 Å². The van der Waals surface area contributed by atoms with Gasteiger partial charge in [-0.25, -0.2) is 15.0 Å². The summed E-state index contributed by atoms with van der Waals surface area (Å²) in [5.74, 6) is 2.33. The van der Waals surface area contributed by atoms with Gasteiger partial charge in [-0.3, -0.25) is 9.79 Å². The lowest BCUT2D eigenvalue weighted by atomic mass is 9.88. The zero-order valence-corrected chi connectivity index (χ0v) is 14.0. The van der Waals surface area contributed by atoms with Crippen molar-refractivity contribution in [2.24, 2.45) is 10.9 Å². The molecule has 25 heavy (non-hydrogen) atoms. The van der Waals surface area contributed by atoms with Gasteiger partial charge in [-0.2, -0.15) is 0 Å². The van der Waals surface area contributed by atoms with Crippen molar-refractivity contribution < 1.29 is 4.79 Å². The fourth-order valence-electron chi connectivity index (χ4n) is 4.35. The molecule has 2 fully saturated rings. The van der Waals surface area contributed by atoms with E-state index in [1.54, 1.807) is 12.7 Å². The third-order valence-electron chi connectivity index (χ3n) is 5.83. The summed E-state index contributed by atoms with van der Waals surface area (Å²) >= 11 is 0. The Morgan fingerprint density at radius 3 is 2.72 bits per heavy atom. The number of nitrogens with one attached hydrogen (secondary N) is 2. The standard InChI is InChI=1S/C17H21N7O/c25-16-17(23-13(22-16)11-3-1-2-4-11)5-7-24(8-6-17)15-12-14(19-9-18-12)20-10-21-15/h9-11H,1-8H2,(H,22,23,25)(H,18,19,20,21). The number of nitrogens with zero attached hydrogens (tertiary/aromatic N) is 5. The number of carbonyl (C=O) groups is 1. The first-order valence-electron chi connectivity index (χ1n) is 9.05. The van der Waals surface area contributed by atoms with E-state index in [1.165, 1.54) is 12.8 Å². The third kappa shape index (κ3) is 2.31. The van der Waals surface area contributed by atoms with Gasteiger partial charge in [0.25, 0.3) is 5.91 Å². The van der Waals surface area contributed by atoms with Gasteiger partial charge >= 0.3 is 0 Å². The molecule has 2 aliphatic heterocycles. The highest BCUT2D eigenvalue weighted by Gasteiger charge is 2.47. The number of carbonyl (C=O) groups excluding carboxylic acids is 1. The second-order valence-corrected chi connectivity index (χ2v) is 7.25. The molecule has 0 unspecified atom stereocenters. The molecule has 0 atom stereocenters. The number of piperidine rings is 1. The minimum absolute atomic E-state index is 0.0865. The number of imidazole rings is 1. The van der Waals surface area contributed by atoms with Crippen LogP contribution in [0.25, 0.3) is 11.2 Å². The second-order valence-electron chi connectivity index (χ2n) is 7.25. The van der Waals surface area contributed by atoms with Gasteiger partial charge in [-0.15, -0.1) is 0 Å². The molecule has 1 aliphatic carbocycles. The number of rotatable bonds is 2. The minimum atomic E-state index is -0.575. The van der Waals surface area contributed by atoms with Crippen LogP contribution in [0.3, 0.4) is 0 Å². The summed E-state index contributed by atoms with van der Waals surface area (Å²) in [4.78, 5) is 35.6. The maximum Gasteiger partial charge on any atom is 0.253 e. The topological polar surface area (TPSA) is 99.2 Å². The molecule has 5 rings (SSSR count). The van der Waals surface area contributed by atoms with E-state index in [0.717, 1.165) is 43.1 Å². The van der Waals surface area contributed by atoms with Gasteiger partial charge in [0.2, 0.25) is 0 Å². The largest absolute Gasteiger partial charge is 0.355 e. The molecule has 8 heteroatoms. The fraction of sp³-hybridized carbons (Fsp3) is 0.588. The van der Waals surface area contributed by atoms with Crippen molar-refractivity contribution in [3.63, 3.8) is 0 Å². The van der Waals surface area contributed by atoms with Crippen molar-refractivity contribution in [1.82, 2.24) is 25.3 Å². The molecule has 1 saturated heterocycles. The molecular formula is C17H21N7O. The van der Waals surface area contributed by atoms with Crippen LogP contribution < -0.4 is 10.2 Å². The second kappa shape index (κ2) is 5.50. The number of hydrogen-bond donors (Lipinski definition) is 2. The molecule has 0 aromatic carbocycles. The zero-order chi connectivity index (χ0) is 16.9. The summed E-state index contributed by atoms with van der Waals surface area (Å²) < 4.78 is 0. The smallest absolute Gasteiger partial charge is 0.253 e. The normalized spacial score (nSPS) is 23.4. The van der Waals surface area contributed by atoms with Crippen molar-refractivity contribution in [1.29, 1.82) is 0 Å². The Bertz CT molecular complexity index is 844. The first-order valence-corrected chi connectivity index (χ1v) is 9.05. The Balaban J connectivity index is 1.37. The minimum Gasteiger partial charge on any atom is -0.355 e. The lowest BCUT2D eigenvalue weighted by molar-refractivity contribution is -0.124. The highest BCUT2D eigenvalue weighted by atomic mass is 16.2. The van der Waals surface area contributed by atoms with Crippen LogP contribution in [0.15, 0.2) is 17.6 Å². The van der Waals surface area contributed by atoms with Crippen LogP contribution in [-0.4, -0.2) is 50.3 Å². The van der Waals surface area contributed by atoms with Crippen LogP contribution in [0.2, 0.25) is 0 Å². The van der Waals surface area contributed by atoms with Crippen LogP contribution in [-0.2, 0) is 4.79 Å². The number of aromatic nitrogens is 4. The molecule has 8 nitrogen and oxygen atoms in total. The maximum absolute atomic E-state index is 12.6. The molecule has 1 saturated carbocycles. The average molecular weight is 339 g/mol. The Labute approximate surface area is 145 Å². The Hall–Kier alpha value is -2.51. The number of amides is 1. The Morgan fingerprint density at radius 1 is 1.12 bits per heavy atom. The number of amidine groups is 1. The van der Waals surface area contributed by atoms with Crippen molar-refractivity contribution in [2.45, 2.75) is 44.1 Å². The molecule has 0 bridgehead atoms. The molecule has 3 aliphatic rings. The van der Waals surface area contributed by atoms with Gasteiger partial charge in [0, 0.05) is 19.0 Å². The SMILES string of the molecule is O=C1NC(C2CCCC2)=NC12CCN(c1ncnc3nc[nH]c13)CC2. The maximum atomic E-state index is 12.6. The molecule has 130 valence electrons. The van der Waals surface area contributed by atoms with Crippen LogP contribution in [0, 0.1) is 5.92 Å². The zero-order valence-electron chi connectivity index (χ0n) is 14.0. The number of aromatic amines is 1. The predicted molar refractivity (Wildman–Crippen MR) is 93.4 cm³/mol. The number of H-pyrrole nitrogens is 1. The van der Waals surface area contributed by atoms with E-state index in [2.05, 4.69) is 30.2 Å². The van der Waals surface area contributed by atoms with Gasteiger partial charge in [-0.1, -0.05) is 12.8 Å². The Morgan fingerprint density at radius 2 is 1.92 bits per heavy atom. The highest BCUT2D eigenvalue weighted by molar-refractivity contribution is 6.09. The van der Waals surface area contributed by atoms with Crippen molar-refractivity contribution >= 4 is 28.7 Å². The monoisotopic (exact) mass is 339 g/mol. The van der Waals surface area contributed by atoms with E-state index in [1.807, 2.05) is 0 Å². The van der Waals surface area contributed by atoms with Crippen LogP contribution >= 0.6 is 0 Å². The molecule has 2 N–H and O–H groups in total. The van der Waals surface area contributed by atoms with Gasteiger partial charge in [0.05, 0.1) is 6.33 Å². The average Bonchev–Trinajstić information content (AvgIpc) is 3.36. The van der Waals surface area contributed by atoms with Crippen LogP contribution in [0.1, 0.15) is 38.5 Å². The van der Waals surface area contributed by atoms with Gasteiger partial charge in [0.1, 0.15) is 23.2 Å². The number of fused-ring (bicyclic) bond motifs is 1. The van der Waals surface area contributed by atoms with Crippen molar-refractivity contribution in [3.05, 3.63) is 12.7 Å². The lowest BCUT2D eigenvalue weighted by Gasteiger charge is -2.36. The molecule has 2 aromatic heterocycles. The third-order valence-corrected chi connectivity index (χ3v) is 5.83. The summed E-state index contributed by atoms with van der Waals surface area (Å²) in [6, 6.07) is 0. The molecule has 4 heterocycles. The highest BCUT2D eigenvalue weighted by Crippen LogP contribution is 2.36. The van der Waals surface area contributed by atoms with Gasteiger partial charge in [0.15, 0.2) is 11.5 Å². The number of aliphatic imine (C=N–C) groups is 1. The molecular weight excluding hydrogens is 318 g/mol. The molecule has 1 amide bonds. The van der Waals surface area contributed by atoms with Crippen LogP contribution in [0.5, 0.6) is 0 Å². The fourth-order valence-corrected chi connectivity index (χ4v) is 4.35. The van der Waals surface area contributed by atoms with Crippen LogP contribution in [0.4, 0.5) is 5.82 Å². The Kier molecular flexibility index (Phi) is 3.26. The first-order chi connectivity index (χ1) is 12.3. The van der Waals surface area contributed by atoms with Crippen molar-refractivity contribution in [2.75, 3.05) is 18.0 Å². The predicted octanol–water partition coefficient (Wildman–Crippen LogP) is 1.41. The van der Waals surface area contributed by atoms with E-state index >= 15 is 0 Å². The van der Waals surface area contributed by atoms with E-state index in [-0.39, 0.29) is 5.91 Å².